The molecule has 1 atom stereocenters. The van der Waals surface area contributed by atoms with E-state index >= 15 is 0 Å². The molecule has 0 aliphatic rings. The normalized spacial score (nSPS) is 13.2. The third kappa shape index (κ3) is 5.47. The SMILES string of the molecule is CCOC(c1ccc(OC(F)(F)F)cc1)c1nc2cc(F)ccc2n1/C(=C/C(=O)O)C(=O)O. The zero-order valence-electron chi connectivity index (χ0n) is 16.8. The molecule has 0 aliphatic carbocycles. The molecule has 0 saturated heterocycles. The maximum absolute atomic E-state index is 13.8. The van der Waals surface area contributed by atoms with E-state index in [1.807, 2.05) is 0 Å². The van der Waals surface area contributed by atoms with E-state index in [9.17, 15) is 32.3 Å². The molecule has 1 aromatic heterocycles. The lowest BCUT2D eigenvalue weighted by Crippen LogP contribution is -2.18. The van der Waals surface area contributed by atoms with Crippen molar-refractivity contribution < 1.29 is 46.8 Å². The average Bonchev–Trinajstić information content (AvgIpc) is 3.07. The highest BCUT2D eigenvalue weighted by Gasteiger charge is 2.32. The van der Waals surface area contributed by atoms with Gasteiger partial charge in [-0.05, 0) is 36.8 Å². The first kappa shape index (κ1) is 23.7. The van der Waals surface area contributed by atoms with Crippen LogP contribution in [0.5, 0.6) is 5.75 Å². The summed E-state index contributed by atoms with van der Waals surface area (Å²) in [5, 5.41) is 18.8. The Bertz CT molecular complexity index is 1220. The topological polar surface area (TPSA) is 111 Å². The van der Waals surface area contributed by atoms with Gasteiger partial charge in [0, 0.05) is 12.7 Å². The Balaban J connectivity index is 2.22. The Hall–Kier alpha value is -3.93. The first-order chi connectivity index (χ1) is 15.5. The van der Waals surface area contributed by atoms with Crippen LogP contribution in [0.15, 0.2) is 48.5 Å². The molecular formula is C21H16F4N2O6. The number of rotatable bonds is 8. The number of ether oxygens (including phenoxy) is 2. The van der Waals surface area contributed by atoms with Gasteiger partial charge in [0.05, 0.1) is 17.1 Å². The fraction of sp³-hybridized carbons (Fsp3) is 0.190. The Labute approximate surface area is 183 Å². The highest BCUT2D eigenvalue weighted by Crippen LogP contribution is 2.33. The summed E-state index contributed by atoms with van der Waals surface area (Å²) in [4.78, 5) is 27.4. The van der Waals surface area contributed by atoms with Crippen molar-refractivity contribution in [2.75, 3.05) is 6.61 Å². The molecule has 0 saturated carbocycles. The van der Waals surface area contributed by atoms with Gasteiger partial charge < -0.3 is 19.7 Å². The summed E-state index contributed by atoms with van der Waals surface area (Å²) in [5.41, 5.74) is -0.330. The van der Waals surface area contributed by atoms with Gasteiger partial charge in [-0.15, -0.1) is 13.2 Å². The number of imidazole rings is 1. The van der Waals surface area contributed by atoms with Crippen molar-refractivity contribution in [1.82, 2.24) is 9.55 Å². The lowest BCUT2D eigenvalue weighted by atomic mass is 10.1. The van der Waals surface area contributed by atoms with Gasteiger partial charge in [-0.2, -0.15) is 0 Å². The second kappa shape index (κ2) is 9.28. The monoisotopic (exact) mass is 468 g/mol. The third-order valence-electron chi connectivity index (χ3n) is 4.35. The molecule has 33 heavy (non-hydrogen) atoms. The second-order valence-electron chi connectivity index (χ2n) is 6.56. The number of aliphatic carboxylic acids is 2. The minimum atomic E-state index is -4.89. The van der Waals surface area contributed by atoms with Crippen LogP contribution < -0.4 is 4.74 Å². The van der Waals surface area contributed by atoms with Crippen molar-refractivity contribution in [3.63, 3.8) is 0 Å². The molecule has 3 rings (SSSR count). The molecule has 0 aliphatic heterocycles. The van der Waals surface area contributed by atoms with E-state index in [0.717, 1.165) is 28.8 Å². The molecule has 2 N–H and O–H groups in total. The van der Waals surface area contributed by atoms with Gasteiger partial charge in [0.25, 0.3) is 0 Å². The summed E-state index contributed by atoms with van der Waals surface area (Å²) in [6.07, 6.45) is -5.59. The number of halogens is 4. The number of carboxylic acids is 2. The predicted molar refractivity (Wildman–Crippen MR) is 106 cm³/mol. The summed E-state index contributed by atoms with van der Waals surface area (Å²) in [5.74, 6) is -4.43. The fourth-order valence-corrected chi connectivity index (χ4v) is 3.17. The van der Waals surface area contributed by atoms with Crippen molar-refractivity contribution in [1.29, 1.82) is 0 Å². The van der Waals surface area contributed by atoms with E-state index in [1.165, 1.54) is 18.2 Å². The summed E-state index contributed by atoms with van der Waals surface area (Å²) in [6, 6.07) is 7.88. The number of aromatic nitrogens is 2. The molecule has 174 valence electrons. The number of nitrogens with zero attached hydrogens (tertiary/aromatic N) is 2. The molecule has 2 aromatic carbocycles. The van der Waals surface area contributed by atoms with Crippen molar-refractivity contribution in [2.45, 2.75) is 19.4 Å². The van der Waals surface area contributed by atoms with Crippen LogP contribution in [0, 0.1) is 5.82 Å². The predicted octanol–water partition coefficient (Wildman–Crippen LogP) is 4.21. The van der Waals surface area contributed by atoms with Crippen LogP contribution in [0.4, 0.5) is 17.6 Å². The lowest BCUT2D eigenvalue weighted by Gasteiger charge is -2.20. The highest BCUT2D eigenvalue weighted by atomic mass is 19.4. The van der Waals surface area contributed by atoms with E-state index in [4.69, 9.17) is 9.84 Å². The van der Waals surface area contributed by atoms with Crippen LogP contribution in [0.2, 0.25) is 0 Å². The van der Waals surface area contributed by atoms with Gasteiger partial charge in [0.15, 0.2) is 0 Å². The fourth-order valence-electron chi connectivity index (χ4n) is 3.17. The van der Waals surface area contributed by atoms with Gasteiger partial charge in [0.1, 0.15) is 29.2 Å². The standard InChI is InChI=1S/C21H16F4N2O6/c1-2-32-18(11-3-6-13(7-4-11)33-21(23,24)25)19-26-14-9-12(22)5-8-15(14)27(19)16(20(30)31)10-17(28)29/h3-10,18H,2H2,1H3,(H,28,29)(H,30,31)/b16-10+. The minimum Gasteiger partial charge on any atom is -0.478 e. The van der Waals surface area contributed by atoms with Gasteiger partial charge in [0.2, 0.25) is 0 Å². The Morgan fingerprint density at radius 1 is 1.15 bits per heavy atom. The first-order valence-electron chi connectivity index (χ1n) is 9.33. The Kier molecular flexibility index (Phi) is 6.68. The molecule has 0 fully saturated rings. The maximum Gasteiger partial charge on any atom is 0.573 e. The summed E-state index contributed by atoms with van der Waals surface area (Å²) in [6.45, 7) is 1.69. The first-order valence-corrected chi connectivity index (χ1v) is 9.33. The molecule has 0 radical (unpaired) electrons. The van der Waals surface area contributed by atoms with E-state index in [1.54, 1.807) is 6.92 Å². The Morgan fingerprint density at radius 2 is 1.82 bits per heavy atom. The number of fused-ring (bicyclic) bond motifs is 1. The van der Waals surface area contributed by atoms with Gasteiger partial charge in [-0.1, -0.05) is 12.1 Å². The number of hydrogen-bond acceptors (Lipinski definition) is 5. The van der Waals surface area contributed by atoms with Crippen LogP contribution in [0.3, 0.4) is 0 Å². The third-order valence-corrected chi connectivity index (χ3v) is 4.35. The zero-order valence-corrected chi connectivity index (χ0v) is 16.8. The molecule has 1 unspecified atom stereocenters. The molecule has 0 spiro atoms. The van der Waals surface area contributed by atoms with Crippen molar-refractivity contribution in [3.8, 4) is 5.75 Å². The molecular weight excluding hydrogens is 452 g/mol. The van der Waals surface area contributed by atoms with Gasteiger partial charge >= 0.3 is 18.3 Å². The number of carbonyl (C=O) groups is 2. The quantitative estimate of drug-likeness (QED) is 0.376. The van der Waals surface area contributed by atoms with E-state index in [-0.39, 0.29) is 29.0 Å². The van der Waals surface area contributed by atoms with Crippen molar-refractivity contribution in [2.24, 2.45) is 0 Å². The summed E-state index contributed by atoms with van der Waals surface area (Å²) < 4.78 is 61.7. The number of benzene rings is 2. The summed E-state index contributed by atoms with van der Waals surface area (Å²) >= 11 is 0. The van der Waals surface area contributed by atoms with Crippen LogP contribution in [-0.4, -0.2) is 44.7 Å². The van der Waals surface area contributed by atoms with Gasteiger partial charge in [-0.25, -0.2) is 19.0 Å². The molecule has 8 nitrogen and oxygen atoms in total. The largest absolute Gasteiger partial charge is 0.573 e. The molecule has 0 amide bonds. The van der Waals surface area contributed by atoms with E-state index < -0.39 is 41.7 Å². The zero-order chi connectivity index (χ0) is 24.3. The van der Waals surface area contributed by atoms with Crippen LogP contribution in [0.1, 0.15) is 24.4 Å². The second-order valence-corrected chi connectivity index (χ2v) is 6.56. The van der Waals surface area contributed by atoms with Crippen LogP contribution in [-0.2, 0) is 14.3 Å². The number of hydrogen-bond donors (Lipinski definition) is 2. The molecule has 0 bridgehead atoms. The minimum absolute atomic E-state index is 0.0178. The van der Waals surface area contributed by atoms with E-state index in [2.05, 4.69) is 9.72 Å². The summed E-state index contributed by atoms with van der Waals surface area (Å²) in [7, 11) is 0. The van der Waals surface area contributed by atoms with Crippen LogP contribution >= 0.6 is 0 Å². The molecule has 3 aromatic rings. The van der Waals surface area contributed by atoms with Crippen molar-refractivity contribution in [3.05, 3.63) is 65.7 Å². The molecule has 12 heteroatoms. The van der Waals surface area contributed by atoms with E-state index in [0.29, 0.717) is 6.08 Å². The number of alkyl halides is 3. The molecule has 1 heterocycles. The Morgan fingerprint density at radius 3 is 2.36 bits per heavy atom. The van der Waals surface area contributed by atoms with Crippen LogP contribution in [0.25, 0.3) is 16.7 Å². The highest BCUT2D eigenvalue weighted by molar-refractivity contribution is 6.15. The smallest absolute Gasteiger partial charge is 0.478 e. The average molecular weight is 468 g/mol. The van der Waals surface area contributed by atoms with Crippen molar-refractivity contribution >= 4 is 28.7 Å². The number of carboxylic acid groups (broad SMARTS) is 2. The lowest BCUT2D eigenvalue weighted by molar-refractivity contribution is -0.274. The van der Waals surface area contributed by atoms with Gasteiger partial charge in [-0.3, -0.25) is 4.57 Å². The maximum atomic E-state index is 13.8.